The number of fused-ring (bicyclic) bond motifs is 2. The molecule has 222 valence electrons. The Labute approximate surface area is 244 Å². The number of aryl methyl sites for hydroxylation is 3. The number of hydrogen-bond acceptors (Lipinski definition) is 9. The number of hydrogen-bond donors (Lipinski definition) is 2. The number of aromatic nitrogens is 3. The summed E-state index contributed by atoms with van der Waals surface area (Å²) in [7, 11) is -4.07. The first-order valence-corrected chi connectivity index (χ1v) is 15.2. The minimum atomic E-state index is -4.07. The van der Waals surface area contributed by atoms with Crippen LogP contribution in [-0.2, 0) is 39.5 Å². The lowest BCUT2D eigenvalue weighted by atomic mass is 9.84. The van der Waals surface area contributed by atoms with Crippen LogP contribution in [0.15, 0.2) is 48.5 Å². The maximum atomic E-state index is 13.0. The van der Waals surface area contributed by atoms with Crippen molar-refractivity contribution in [1.82, 2.24) is 19.3 Å². The quantitative estimate of drug-likeness (QED) is 0.262. The van der Waals surface area contributed by atoms with E-state index in [4.69, 9.17) is 8.92 Å². The van der Waals surface area contributed by atoms with Crippen molar-refractivity contribution in [2.45, 2.75) is 59.2 Å². The van der Waals surface area contributed by atoms with Gasteiger partial charge in [-0.3, -0.25) is 4.79 Å². The van der Waals surface area contributed by atoms with E-state index in [0.717, 1.165) is 33.3 Å². The predicted molar refractivity (Wildman–Crippen MR) is 155 cm³/mol. The van der Waals surface area contributed by atoms with Crippen LogP contribution in [0.3, 0.4) is 0 Å². The van der Waals surface area contributed by atoms with Crippen LogP contribution in [0.2, 0.25) is 0 Å². The van der Waals surface area contributed by atoms with Crippen molar-refractivity contribution in [2.24, 2.45) is 0 Å². The Balaban J connectivity index is 1.52. The molecule has 3 aromatic carbocycles. The second-order valence-electron chi connectivity index (χ2n) is 10.4. The molecule has 1 atom stereocenters. The Morgan fingerprint density at radius 1 is 1.14 bits per heavy atom. The van der Waals surface area contributed by atoms with Gasteiger partial charge in [0.1, 0.15) is 17.0 Å². The number of carbonyl (C=O) groups is 1. The molecule has 1 aliphatic heterocycles. The molecule has 0 aliphatic carbocycles. The SMILES string of the molecule is CCOC(=O)CC(c1ccc(C)c(CN2Cc3cc(O)ccc3OS2(=O)=O)c1)c1ccc2c(nnn2CCCO)c1C. The van der Waals surface area contributed by atoms with Gasteiger partial charge < -0.3 is 19.1 Å². The van der Waals surface area contributed by atoms with E-state index in [-0.39, 0.29) is 56.1 Å². The highest BCUT2D eigenvalue weighted by Gasteiger charge is 2.32. The number of ether oxygens (including phenoxy) is 1. The van der Waals surface area contributed by atoms with Crippen LogP contribution < -0.4 is 4.18 Å². The van der Waals surface area contributed by atoms with E-state index in [1.807, 2.05) is 44.2 Å². The smallest absolute Gasteiger partial charge is 0.385 e. The van der Waals surface area contributed by atoms with Crippen LogP contribution in [0.25, 0.3) is 11.0 Å². The molecule has 11 nitrogen and oxygen atoms in total. The molecule has 0 bridgehead atoms. The monoisotopic (exact) mass is 594 g/mol. The van der Waals surface area contributed by atoms with Gasteiger partial charge in [-0.15, -0.1) is 5.10 Å². The van der Waals surface area contributed by atoms with Crippen LogP contribution in [0.1, 0.15) is 59.1 Å². The van der Waals surface area contributed by atoms with E-state index in [1.54, 1.807) is 11.6 Å². The molecule has 1 aliphatic rings. The third-order valence-corrected chi connectivity index (χ3v) is 8.87. The minimum Gasteiger partial charge on any atom is -0.508 e. The van der Waals surface area contributed by atoms with Gasteiger partial charge in [0.2, 0.25) is 0 Å². The zero-order valence-electron chi connectivity index (χ0n) is 23.8. The Morgan fingerprint density at radius 2 is 1.95 bits per heavy atom. The van der Waals surface area contributed by atoms with Crippen molar-refractivity contribution in [2.75, 3.05) is 13.2 Å². The summed E-state index contributed by atoms with van der Waals surface area (Å²) in [6.45, 7) is 6.54. The molecule has 0 saturated heterocycles. The minimum absolute atomic E-state index is 0.0253. The molecule has 1 aromatic heterocycles. The fourth-order valence-electron chi connectivity index (χ4n) is 5.35. The first-order valence-electron chi connectivity index (χ1n) is 13.8. The largest absolute Gasteiger partial charge is 0.508 e. The molecule has 5 rings (SSSR count). The molecule has 12 heteroatoms. The van der Waals surface area contributed by atoms with Gasteiger partial charge in [-0.1, -0.05) is 29.5 Å². The molecular weight excluding hydrogens is 560 g/mol. The topological polar surface area (TPSA) is 144 Å². The summed E-state index contributed by atoms with van der Waals surface area (Å²) < 4.78 is 39.6. The summed E-state index contributed by atoms with van der Waals surface area (Å²) in [4.78, 5) is 12.8. The third-order valence-electron chi connectivity index (χ3n) is 7.59. The van der Waals surface area contributed by atoms with Crippen molar-refractivity contribution in [3.8, 4) is 11.5 Å². The number of esters is 1. The fraction of sp³-hybridized carbons (Fsp3) is 0.367. The van der Waals surface area contributed by atoms with Crippen LogP contribution in [0.4, 0.5) is 0 Å². The van der Waals surface area contributed by atoms with E-state index in [2.05, 4.69) is 10.3 Å². The lowest BCUT2D eigenvalue weighted by Crippen LogP contribution is -2.37. The summed E-state index contributed by atoms with van der Waals surface area (Å²) in [6, 6.07) is 14.0. The van der Waals surface area contributed by atoms with Gasteiger partial charge in [0.05, 0.1) is 18.5 Å². The summed E-state index contributed by atoms with van der Waals surface area (Å²) >= 11 is 0. The van der Waals surface area contributed by atoms with Crippen LogP contribution >= 0.6 is 0 Å². The van der Waals surface area contributed by atoms with Crippen molar-refractivity contribution in [3.63, 3.8) is 0 Å². The number of aromatic hydroxyl groups is 1. The molecule has 0 saturated carbocycles. The van der Waals surface area contributed by atoms with Crippen molar-refractivity contribution < 1.29 is 32.3 Å². The molecule has 0 amide bonds. The maximum absolute atomic E-state index is 13.0. The molecular formula is C30H34N4O7S. The van der Waals surface area contributed by atoms with Crippen LogP contribution in [0.5, 0.6) is 11.5 Å². The number of rotatable bonds is 10. The summed E-state index contributed by atoms with van der Waals surface area (Å²) in [5, 5.41) is 27.8. The molecule has 0 spiro atoms. The first kappa shape index (κ1) is 29.5. The van der Waals surface area contributed by atoms with Crippen LogP contribution in [-0.4, -0.2) is 57.1 Å². The van der Waals surface area contributed by atoms with E-state index in [9.17, 15) is 23.4 Å². The number of aliphatic hydroxyl groups is 1. The van der Waals surface area contributed by atoms with Gasteiger partial charge in [0.25, 0.3) is 0 Å². The highest BCUT2D eigenvalue weighted by atomic mass is 32.2. The van der Waals surface area contributed by atoms with Gasteiger partial charge in [-0.05, 0) is 79.3 Å². The van der Waals surface area contributed by atoms with Crippen molar-refractivity contribution in [3.05, 3.63) is 81.9 Å². The average Bonchev–Trinajstić information content (AvgIpc) is 3.36. The summed E-state index contributed by atoms with van der Waals surface area (Å²) in [5.74, 6) is -0.512. The lowest BCUT2D eigenvalue weighted by molar-refractivity contribution is -0.143. The maximum Gasteiger partial charge on any atom is 0.385 e. The Bertz CT molecular complexity index is 1740. The highest BCUT2D eigenvalue weighted by molar-refractivity contribution is 7.84. The number of aliphatic hydroxyl groups excluding tert-OH is 1. The van der Waals surface area contributed by atoms with Crippen molar-refractivity contribution in [1.29, 1.82) is 0 Å². The van der Waals surface area contributed by atoms with E-state index in [0.29, 0.717) is 24.0 Å². The molecule has 0 fully saturated rings. The average molecular weight is 595 g/mol. The van der Waals surface area contributed by atoms with Crippen LogP contribution in [0, 0.1) is 13.8 Å². The standard InChI is InChI=1S/C30H34N4O7S/c1-4-40-29(37)16-26(25-9-10-27-30(20(25)3)31-32-34(27)12-5-13-35)21-7-6-19(2)22(14-21)17-33-18-23-15-24(36)8-11-28(23)41-42(33,38)39/h6-11,14-15,26,35-36H,4-5,12-13,16-18H2,1-3H3. The Hall–Kier alpha value is -4.00. The molecule has 0 radical (unpaired) electrons. The molecule has 1 unspecified atom stereocenters. The van der Waals surface area contributed by atoms with E-state index >= 15 is 0 Å². The predicted octanol–water partition coefficient (Wildman–Crippen LogP) is 3.86. The second kappa shape index (κ2) is 12.1. The Morgan fingerprint density at radius 3 is 2.71 bits per heavy atom. The zero-order chi connectivity index (χ0) is 30.0. The van der Waals surface area contributed by atoms with Gasteiger partial charge >= 0.3 is 16.3 Å². The second-order valence-corrected chi connectivity index (χ2v) is 11.9. The van der Waals surface area contributed by atoms with E-state index in [1.165, 1.54) is 22.5 Å². The number of carbonyl (C=O) groups excluding carboxylic acids is 1. The van der Waals surface area contributed by atoms with E-state index < -0.39 is 10.3 Å². The molecule has 2 N–H and O–H groups in total. The zero-order valence-corrected chi connectivity index (χ0v) is 24.6. The fourth-order valence-corrected chi connectivity index (χ4v) is 6.44. The normalized spacial score (nSPS) is 15.2. The number of nitrogens with zero attached hydrogens (tertiary/aromatic N) is 4. The lowest BCUT2D eigenvalue weighted by Gasteiger charge is -2.28. The molecule has 42 heavy (non-hydrogen) atoms. The third kappa shape index (κ3) is 5.96. The van der Waals surface area contributed by atoms with Gasteiger partial charge in [-0.2, -0.15) is 12.7 Å². The van der Waals surface area contributed by atoms with Gasteiger partial charge in [0, 0.05) is 37.7 Å². The van der Waals surface area contributed by atoms with Crippen molar-refractivity contribution >= 4 is 27.3 Å². The summed E-state index contributed by atoms with van der Waals surface area (Å²) in [6.07, 6.45) is 0.639. The number of benzene rings is 3. The number of phenolic OH excluding ortho intramolecular Hbond substituents is 1. The first-order chi connectivity index (χ1) is 20.1. The number of phenols is 1. The highest BCUT2D eigenvalue weighted by Crippen LogP contribution is 2.36. The Kier molecular flexibility index (Phi) is 8.48. The summed E-state index contributed by atoms with van der Waals surface area (Å²) in [5.41, 5.74) is 6.34. The molecule has 2 heterocycles. The van der Waals surface area contributed by atoms with Gasteiger partial charge in [-0.25, -0.2) is 4.68 Å². The van der Waals surface area contributed by atoms with Gasteiger partial charge in [0.15, 0.2) is 0 Å². The molecule has 4 aromatic rings.